The molecule has 0 saturated carbocycles. The summed E-state index contributed by atoms with van der Waals surface area (Å²) >= 11 is 0. The summed E-state index contributed by atoms with van der Waals surface area (Å²) in [7, 11) is 0. The van der Waals surface area contributed by atoms with Gasteiger partial charge in [0.25, 0.3) is 5.56 Å². The number of aryl methyl sites for hydroxylation is 1. The Morgan fingerprint density at radius 3 is 2.69 bits per heavy atom. The summed E-state index contributed by atoms with van der Waals surface area (Å²) in [6.07, 6.45) is 1.80. The maximum absolute atomic E-state index is 14.9. The smallest absolute Gasteiger partial charge is 0.251 e. The van der Waals surface area contributed by atoms with Gasteiger partial charge in [0, 0.05) is 55.4 Å². The van der Waals surface area contributed by atoms with Crippen LogP contribution in [0.15, 0.2) is 47.4 Å². The summed E-state index contributed by atoms with van der Waals surface area (Å²) in [5.74, 6) is 0.656. The Kier molecular flexibility index (Phi) is 4.42. The van der Waals surface area contributed by atoms with Crippen LogP contribution < -0.4 is 10.5 Å². The van der Waals surface area contributed by atoms with Crippen molar-refractivity contribution in [3.63, 3.8) is 0 Å². The molecule has 0 aliphatic carbocycles. The van der Waals surface area contributed by atoms with Crippen molar-refractivity contribution in [2.24, 2.45) is 0 Å². The summed E-state index contributed by atoms with van der Waals surface area (Å²) in [4.78, 5) is 23.3. The molecule has 2 aromatic heterocycles. The molecule has 26 heavy (non-hydrogen) atoms. The number of hydrogen-bond acceptors (Lipinski definition) is 4. The molecule has 5 nitrogen and oxygen atoms in total. The lowest BCUT2D eigenvalue weighted by Gasteiger charge is -2.35. The summed E-state index contributed by atoms with van der Waals surface area (Å²) in [6.45, 7) is 5.68. The SMILES string of the molecule is Cc1cc2ccc(CN3CCN(c4ccccn4)CC3)c(F)c2[nH]c1=O. The highest BCUT2D eigenvalue weighted by Gasteiger charge is 2.19. The zero-order valence-corrected chi connectivity index (χ0v) is 14.7. The van der Waals surface area contributed by atoms with Crippen LogP contribution >= 0.6 is 0 Å². The van der Waals surface area contributed by atoms with E-state index in [4.69, 9.17) is 0 Å². The van der Waals surface area contributed by atoms with Crippen molar-refractivity contribution in [1.29, 1.82) is 0 Å². The van der Waals surface area contributed by atoms with E-state index in [-0.39, 0.29) is 11.4 Å². The van der Waals surface area contributed by atoms with Crippen molar-refractivity contribution < 1.29 is 4.39 Å². The first-order valence-corrected chi connectivity index (χ1v) is 8.81. The van der Waals surface area contributed by atoms with E-state index in [2.05, 4.69) is 19.8 Å². The summed E-state index contributed by atoms with van der Waals surface area (Å²) in [5, 5.41) is 0.725. The maximum atomic E-state index is 14.9. The molecule has 0 bridgehead atoms. The predicted octanol–water partition coefficient (Wildman–Crippen LogP) is 2.69. The van der Waals surface area contributed by atoms with E-state index in [0.717, 1.165) is 37.4 Å². The fourth-order valence-corrected chi connectivity index (χ4v) is 3.43. The number of aromatic amines is 1. The lowest BCUT2D eigenvalue weighted by molar-refractivity contribution is 0.246. The maximum Gasteiger partial charge on any atom is 0.251 e. The van der Waals surface area contributed by atoms with Gasteiger partial charge in [0.1, 0.15) is 5.82 Å². The number of H-pyrrole nitrogens is 1. The van der Waals surface area contributed by atoms with E-state index in [1.807, 2.05) is 30.3 Å². The van der Waals surface area contributed by atoms with Gasteiger partial charge in [-0.1, -0.05) is 18.2 Å². The summed E-state index contributed by atoms with van der Waals surface area (Å²) in [5.41, 5.74) is 1.27. The Morgan fingerprint density at radius 1 is 1.15 bits per heavy atom. The number of hydrogen-bond donors (Lipinski definition) is 1. The number of nitrogens with one attached hydrogen (secondary N) is 1. The average Bonchev–Trinajstić information content (AvgIpc) is 2.67. The monoisotopic (exact) mass is 352 g/mol. The Morgan fingerprint density at radius 2 is 1.96 bits per heavy atom. The van der Waals surface area contributed by atoms with Gasteiger partial charge in [0.15, 0.2) is 5.82 Å². The van der Waals surface area contributed by atoms with Gasteiger partial charge in [-0.2, -0.15) is 0 Å². The van der Waals surface area contributed by atoms with E-state index >= 15 is 0 Å². The molecule has 1 aliphatic heterocycles. The van der Waals surface area contributed by atoms with Crippen LogP contribution in [0, 0.1) is 12.7 Å². The van der Waals surface area contributed by atoms with Crippen LogP contribution in [0.25, 0.3) is 10.9 Å². The van der Waals surface area contributed by atoms with Crippen LogP contribution in [0.3, 0.4) is 0 Å². The number of benzene rings is 1. The van der Waals surface area contributed by atoms with Crippen molar-refractivity contribution in [3.8, 4) is 0 Å². The Labute approximate surface area is 151 Å². The van der Waals surface area contributed by atoms with Gasteiger partial charge in [-0.05, 0) is 25.1 Å². The molecule has 3 aromatic rings. The number of rotatable bonds is 3. The summed E-state index contributed by atoms with van der Waals surface area (Å²) in [6, 6.07) is 11.3. The van der Waals surface area contributed by atoms with Gasteiger partial charge in [-0.15, -0.1) is 0 Å². The second-order valence-electron chi connectivity index (χ2n) is 6.74. The molecular weight excluding hydrogens is 331 g/mol. The lowest BCUT2D eigenvalue weighted by atomic mass is 10.1. The minimum atomic E-state index is -0.327. The van der Waals surface area contributed by atoms with E-state index in [9.17, 15) is 9.18 Å². The number of fused-ring (bicyclic) bond motifs is 1. The topological polar surface area (TPSA) is 52.2 Å². The van der Waals surface area contributed by atoms with Gasteiger partial charge in [-0.25, -0.2) is 9.37 Å². The second-order valence-corrected chi connectivity index (χ2v) is 6.74. The van der Waals surface area contributed by atoms with Crippen molar-refractivity contribution >= 4 is 16.7 Å². The lowest BCUT2D eigenvalue weighted by Crippen LogP contribution is -2.46. The van der Waals surface area contributed by atoms with Gasteiger partial charge in [0.2, 0.25) is 0 Å². The molecule has 134 valence electrons. The number of pyridine rings is 2. The summed E-state index contributed by atoms with van der Waals surface area (Å²) < 4.78 is 14.9. The first-order chi connectivity index (χ1) is 12.6. The molecule has 0 spiro atoms. The Balaban J connectivity index is 1.49. The van der Waals surface area contributed by atoms with E-state index < -0.39 is 0 Å². The number of nitrogens with zero attached hydrogens (tertiary/aromatic N) is 3. The number of aromatic nitrogens is 2. The molecule has 0 unspecified atom stereocenters. The number of halogens is 1. The molecule has 4 rings (SSSR count). The molecular formula is C20H21FN4O. The minimum Gasteiger partial charge on any atom is -0.354 e. The van der Waals surface area contributed by atoms with Crippen LogP contribution in [0.5, 0.6) is 0 Å². The highest BCUT2D eigenvalue weighted by molar-refractivity contribution is 5.80. The average molecular weight is 352 g/mol. The zero-order valence-electron chi connectivity index (χ0n) is 14.7. The molecule has 1 fully saturated rings. The first-order valence-electron chi connectivity index (χ1n) is 8.81. The van der Waals surface area contributed by atoms with Crippen molar-refractivity contribution in [1.82, 2.24) is 14.9 Å². The fourth-order valence-electron chi connectivity index (χ4n) is 3.43. The first kappa shape index (κ1) is 16.7. The molecule has 0 radical (unpaired) electrons. The predicted molar refractivity (Wildman–Crippen MR) is 101 cm³/mol. The van der Waals surface area contributed by atoms with E-state index in [0.29, 0.717) is 23.2 Å². The second kappa shape index (κ2) is 6.88. The molecule has 1 aliphatic rings. The van der Waals surface area contributed by atoms with Crippen LogP contribution in [-0.4, -0.2) is 41.0 Å². The van der Waals surface area contributed by atoms with Gasteiger partial charge >= 0.3 is 0 Å². The van der Waals surface area contributed by atoms with Gasteiger partial charge in [-0.3, -0.25) is 9.69 Å². The van der Waals surface area contributed by atoms with Crippen molar-refractivity contribution in [2.75, 3.05) is 31.1 Å². The van der Waals surface area contributed by atoms with Crippen LogP contribution in [0.4, 0.5) is 10.2 Å². The van der Waals surface area contributed by atoms with Crippen LogP contribution in [-0.2, 0) is 6.54 Å². The molecule has 1 N–H and O–H groups in total. The molecule has 6 heteroatoms. The highest BCUT2D eigenvalue weighted by Crippen LogP contribution is 2.21. The van der Waals surface area contributed by atoms with E-state index in [1.54, 1.807) is 19.2 Å². The molecule has 1 saturated heterocycles. The molecule has 0 amide bonds. The number of piperazine rings is 1. The minimum absolute atomic E-state index is 0.238. The normalized spacial score (nSPS) is 15.5. The van der Waals surface area contributed by atoms with Gasteiger partial charge in [0.05, 0.1) is 5.52 Å². The Bertz CT molecular complexity index is 978. The third-order valence-corrected chi connectivity index (χ3v) is 4.96. The van der Waals surface area contributed by atoms with E-state index in [1.165, 1.54) is 0 Å². The Hall–Kier alpha value is -2.73. The van der Waals surface area contributed by atoms with Gasteiger partial charge < -0.3 is 9.88 Å². The number of anilines is 1. The largest absolute Gasteiger partial charge is 0.354 e. The zero-order chi connectivity index (χ0) is 18.1. The van der Waals surface area contributed by atoms with Crippen LogP contribution in [0.2, 0.25) is 0 Å². The quantitative estimate of drug-likeness (QED) is 0.787. The highest BCUT2D eigenvalue weighted by atomic mass is 19.1. The van der Waals surface area contributed by atoms with Crippen molar-refractivity contribution in [3.05, 3.63) is 69.9 Å². The molecule has 0 atom stereocenters. The molecule has 1 aromatic carbocycles. The fraction of sp³-hybridized carbons (Fsp3) is 0.300. The third kappa shape index (κ3) is 3.20. The third-order valence-electron chi connectivity index (χ3n) is 4.96. The molecule has 3 heterocycles. The van der Waals surface area contributed by atoms with Crippen molar-refractivity contribution in [2.45, 2.75) is 13.5 Å². The standard InChI is InChI=1S/C20H21FN4O/c1-14-12-15-5-6-16(18(21)19(15)23-20(14)26)13-24-8-10-25(11-9-24)17-4-2-3-7-22-17/h2-7,12H,8-11,13H2,1H3,(H,23,26). The van der Waals surface area contributed by atoms with Crippen LogP contribution in [0.1, 0.15) is 11.1 Å².